The Morgan fingerprint density at radius 2 is 1.76 bits per heavy atom. The molecule has 3 fully saturated rings. The van der Waals surface area contributed by atoms with Gasteiger partial charge in [-0.25, -0.2) is 33.5 Å². The van der Waals surface area contributed by atoms with Gasteiger partial charge in [0.15, 0.2) is 29.4 Å². The third kappa shape index (κ3) is 5.75. The zero-order chi connectivity index (χ0) is 32.5. The van der Waals surface area contributed by atoms with Gasteiger partial charge in [-0.15, -0.1) is 0 Å². The zero-order valence-corrected chi connectivity index (χ0v) is 27.6. The quantitative estimate of drug-likeness (QED) is 0.149. The predicted octanol–water partition coefficient (Wildman–Crippen LogP) is 1.97. The van der Waals surface area contributed by atoms with Crippen LogP contribution in [0.1, 0.15) is 17.2 Å². The molecule has 3 saturated heterocycles. The zero-order valence-electron chi connectivity index (χ0n) is 23.2. The van der Waals surface area contributed by atoms with Crippen LogP contribution in [-0.2, 0) is 41.4 Å². The van der Waals surface area contributed by atoms with Crippen LogP contribution in [0.3, 0.4) is 0 Å². The van der Waals surface area contributed by atoms with Gasteiger partial charge in [0.1, 0.15) is 54.0 Å². The van der Waals surface area contributed by atoms with Gasteiger partial charge in [-0.05, 0) is 11.5 Å². The number of aromatic nitrogens is 7. The number of hydrogen-bond donors (Lipinski definition) is 5. The number of methoxy groups -OCH3 is 1. The Kier molecular flexibility index (Phi) is 8.43. The first kappa shape index (κ1) is 32.3. The number of hydrogen-bond acceptors (Lipinski definition) is 18. The van der Waals surface area contributed by atoms with Crippen LogP contribution in [0.25, 0.3) is 22.2 Å². The molecule has 0 saturated carbocycles. The van der Waals surface area contributed by atoms with E-state index in [2.05, 4.69) is 53.8 Å². The van der Waals surface area contributed by atoms with Crippen molar-refractivity contribution in [1.29, 1.82) is 0 Å². The maximum Gasteiger partial charge on any atom is 0.386 e. The largest absolute Gasteiger partial charge is 0.386 e. The number of halogens is 1. The highest BCUT2D eigenvalue weighted by atomic mass is 32.7. The molecule has 7 heterocycles. The topological polar surface area (TPSA) is 253 Å². The summed E-state index contributed by atoms with van der Waals surface area (Å²) >= 11 is 9.09. The Labute approximate surface area is 271 Å². The van der Waals surface area contributed by atoms with Gasteiger partial charge < -0.3 is 25.7 Å². The molecule has 4 aromatic rings. The van der Waals surface area contributed by atoms with Gasteiger partial charge in [0.05, 0.1) is 24.4 Å². The fraction of sp³-hybridized carbons (Fsp3) is 0.524. The first-order valence-electron chi connectivity index (χ1n) is 13.2. The number of fused-ring (bicyclic) bond motifs is 5. The predicted molar refractivity (Wildman–Crippen MR) is 164 cm³/mol. The van der Waals surface area contributed by atoms with E-state index in [9.17, 15) is 13.9 Å². The third-order valence-electron chi connectivity index (χ3n) is 7.46. The summed E-state index contributed by atoms with van der Waals surface area (Å²) < 4.78 is 88.9. The monoisotopic (exact) mass is 739 g/mol. The number of anilines is 2. The molecule has 0 aliphatic carbocycles. The number of thiol groups is 2. The summed E-state index contributed by atoms with van der Waals surface area (Å²) in [7, 11) is 1.33. The molecule has 10 atom stereocenters. The molecule has 2 bridgehead atoms. The first-order valence-corrected chi connectivity index (χ1v) is 19.4. The lowest BCUT2D eigenvalue weighted by atomic mass is 10.1. The highest BCUT2D eigenvalue weighted by Gasteiger charge is 2.54. The summed E-state index contributed by atoms with van der Waals surface area (Å²) in [4.78, 5) is 31.3. The molecule has 0 radical (unpaired) electrons. The van der Waals surface area contributed by atoms with Crippen LogP contribution < -0.4 is 17.0 Å². The van der Waals surface area contributed by atoms with Gasteiger partial charge in [0.2, 0.25) is 5.95 Å². The average Bonchev–Trinajstić information content (AvgIpc) is 3.75. The van der Waals surface area contributed by atoms with Crippen molar-refractivity contribution in [1.82, 2.24) is 33.9 Å². The van der Waals surface area contributed by atoms with Crippen LogP contribution in [-0.4, -0.2) is 90.9 Å². The first-order chi connectivity index (χ1) is 21.9. The van der Waals surface area contributed by atoms with E-state index < -0.39 is 81.4 Å². The minimum absolute atomic E-state index is 0.0160. The van der Waals surface area contributed by atoms with Gasteiger partial charge >= 0.3 is 13.6 Å². The maximum absolute atomic E-state index is 16.1. The number of nitrogens with one attached hydrogen (secondary N) is 1. The number of nitrogens with zero attached hydrogens (tertiary/aromatic N) is 6. The lowest BCUT2D eigenvalue weighted by Gasteiger charge is -2.26. The van der Waals surface area contributed by atoms with Crippen molar-refractivity contribution in [2.24, 2.45) is 0 Å². The maximum atomic E-state index is 16.1. The SMILES string of the molecule is CO[C@H]1[C@H]2O[P@](=O)(S)OC[C@H]3O[C@@H](n4cnc5c(N)ncnc54)[C@H](F)[C@@H]3O[P@](=O)(S)OC[C@H]1O[C@H]2c1snc2c(=O)[nH]c(N)nc12. The van der Waals surface area contributed by atoms with E-state index in [4.69, 9.17) is 43.8 Å². The van der Waals surface area contributed by atoms with E-state index in [1.807, 2.05) is 0 Å². The van der Waals surface area contributed by atoms with E-state index in [0.717, 1.165) is 11.5 Å². The van der Waals surface area contributed by atoms with E-state index >= 15 is 4.39 Å². The molecule has 3 aliphatic heterocycles. The molecule has 3 aliphatic rings. The Morgan fingerprint density at radius 1 is 1.04 bits per heavy atom. The average molecular weight is 740 g/mol. The van der Waals surface area contributed by atoms with E-state index in [-0.39, 0.29) is 38.8 Å². The number of nitrogen functional groups attached to an aromatic ring is 2. The van der Waals surface area contributed by atoms with Gasteiger partial charge in [-0.3, -0.25) is 32.4 Å². The number of ether oxygens (including phenoxy) is 3. The Bertz CT molecular complexity index is 1970. The van der Waals surface area contributed by atoms with Crippen molar-refractivity contribution in [2.45, 2.75) is 49.0 Å². The lowest BCUT2D eigenvalue weighted by Crippen LogP contribution is -2.36. The molecule has 0 aromatic carbocycles. The molecule has 46 heavy (non-hydrogen) atoms. The van der Waals surface area contributed by atoms with Gasteiger partial charge in [-0.2, -0.15) is 4.37 Å². The van der Waals surface area contributed by atoms with Crippen LogP contribution in [0.15, 0.2) is 17.4 Å². The standard InChI is InChI=1S/C21H24FN9O10P2S3/c1-35-13-7-3-37-42(33,44)40-12-6(39-20(8(12)22)31-5-27-11-17(23)25-4-26-18(11)31)2-36-43(34,45)41-14(13)15(38-7)16-9-10(30-46-16)19(32)29-21(24)28-9/h4-8,12-15,20H,2-3H2,1H3,(H,33,44)(H,34,45)(H2,23,25,26)(H3,24,28,29,32)/t6-,7-,8-,12-,13-,14-,15-,20-,42-,43-/m1/s1. The van der Waals surface area contributed by atoms with Crippen molar-refractivity contribution in [3.63, 3.8) is 0 Å². The minimum Gasteiger partial charge on any atom is -0.382 e. The van der Waals surface area contributed by atoms with Gasteiger partial charge in [0.25, 0.3) is 5.56 Å². The van der Waals surface area contributed by atoms with Crippen molar-refractivity contribution in [3.8, 4) is 0 Å². The number of H-pyrrole nitrogens is 1. The third-order valence-corrected chi connectivity index (χ3v) is 11.6. The van der Waals surface area contributed by atoms with Crippen molar-refractivity contribution in [3.05, 3.63) is 27.9 Å². The number of alkyl halides is 1. The van der Waals surface area contributed by atoms with Gasteiger partial charge in [-0.1, -0.05) is 24.5 Å². The Morgan fingerprint density at radius 3 is 2.50 bits per heavy atom. The second-order valence-corrected chi connectivity index (χ2v) is 16.8. The van der Waals surface area contributed by atoms with Crippen molar-refractivity contribution in [2.75, 3.05) is 31.8 Å². The van der Waals surface area contributed by atoms with Crippen molar-refractivity contribution >= 4 is 83.6 Å². The fourth-order valence-electron chi connectivity index (χ4n) is 5.48. The fourth-order valence-corrected chi connectivity index (χ4v) is 9.30. The molecule has 248 valence electrons. The highest BCUT2D eigenvalue weighted by molar-refractivity contribution is 8.44. The van der Waals surface area contributed by atoms with E-state index in [1.54, 1.807) is 0 Å². The van der Waals surface area contributed by atoms with Crippen LogP contribution in [0.2, 0.25) is 0 Å². The van der Waals surface area contributed by atoms with E-state index in [1.165, 1.54) is 24.3 Å². The number of nitrogens with two attached hydrogens (primary N) is 2. The molecular formula is C21H24FN9O10P2S3. The van der Waals surface area contributed by atoms with Crippen LogP contribution in [0, 0.1) is 0 Å². The van der Waals surface area contributed by atoms with Crippen LogP contribution in [0.4, 0.5) is 16.2 Å². The lowest BCUT2D eigenvalue weighted by molar-refractivity contribution is -0.0453. The summed E-state index contributed by atoms with van der Waals surface area (Å²) in [6.45, 7) is -9.77. The summed E-state index contributed by atoms with van der Waals surface area (Å²) in [6.07, 6.45) is -8.39. The summed E-state index contributed by atoms with van der Waals surface area (Å²) in [6, 6.07) is 0. The molecule has 0 unspecified atom stereocenters. The molecule has 5 N–H and O–H groups in total. The molecule has 0 spiro atoms. The number of rotatable bonds is 3. The second-order valence-electron chi connectivity index (χ2n) is 10.3. The minimum atomic E-state index is -4.35. The number of aromatic amines is 1. The van der Waals surface area contributed by atoms with Crippen LogP contribution in [0.5, 0.6) is 0 Å². The summed E-state index contributed by atoms with van der Waals surface area (Å²) in [5, 5.41) is 0. The highest BCUT2D eigenvalue weighted by Crippen LogP contribution is 2.61. The van der Waals surface area contributed by atoms with Crippen molar-refractivity contribution < 1.29 is 45.8 Å². The Hall–Kier alpha value is -2.27. The molecular weight excluding hydrogens is 715 g/mol. The molecule has 0 amide bonds. The second kappa shape index (κ2) is 12.0. The summed E-state index contributed by atoms with van der Waals surface area (Å²) in [5.74, 6) is -0.117. The van der Waals surface area contributed by atoms with E-state index in [0.29, 0.717) is 0 Å². The van der Waals surface area contributed by atoms with Gasteiger partial charge in [0, 0.05) is 7.11 Å². The number of imidazole rings is 1. The normalized spacial score (nSPS) is 37.1. The smallest absolute Gasteiger partial charge is 0.382 e. The molecule has 7 rings (SSSR count). The molecule has 4 aromatic heterocycles. The molecule has 19 nitrogen and oxygen atoms in total. The van der Waals surface area contributed by atoms with Crippen LogP contribution >= 0.6 is 49.6 Å². The summed E-state index contributed by atoms with van der Waals surface area (Å²) in [5.41, 5.74) is 11.5. The molecule has 25 heteroatoms. The Balaban J connectivity index is 1.22.